The summed E-state index contributed by atoms with van der Waals surface area (Å²) in [6.07, 6.45) is 1.03. The molecule has 5 heteroatoms. The zero-order valence-corrected chi connectivity index (χ0v) is 9.56. The number of carboxylic acids is 1. The molecule has 0 aromatic carbocycles. The van der Waals surface area contributed by atoms with Crippen LogP contribution in [-0.4, -0.2) is 28.4 Å². The minimum Gasteiger partial charge on any atom is -0.481 e. The molecule has 0 amide bonds. The van der Waals surface area contributed by atoms with Crippen LogP contribution in [0.25, 0.3) is 0 Å². The summed E-state index contributed by atoms with van der Waals surface area (Å²) in [6, 6.07) is 0. The smallest absolute Gasteiger partial charge is 0.310 e. The lowest BCUT2D eigenvalue weighted by Gasteiger charge is -2.31. The number of aliphatic carboxylic acids is 1. The molecule has 2 aliphatic carbocycles. The van der Waals surface area contributed by atoms with Crippen LogP contribution in [0, 0.1) is 17.3 Å². The van der Waals surface area contributed by atoms with Crippen molar-refractivity contribution in [1.82, 2.24) is 0 Å². The highest BCUT2D eigenvalue weighted by Gasteiger charge is 2.51. The molecule has 0 atom stereocenters. The molecule has 1 N–H and O–H groups in total. The van der Waals surface area contributed by atoms with Crippen LogP contribution in [-0.2, 0) is 19.2 Å². The number of carboxylic acid groups (broad SMARTS) is 1. The van der Waals surface area contributed by atoms with Gasteiger partial charge in [0.2, 0.25) is 0 Å². The van der Waals surface area contributed by atoms with Gasteiger partial charge >= 0.3 is 5.97 Å². The fourth-order valence-electron chi connectivity index (χ4n) is 2.29. The average molecular weight is 238 g/mol. The minimum atomic E-state index is -1.34. The van der Waals surface area contributed by atoms with E-state index in [9.17, 15) is 19.2 Å². The molecule has 2 fully saturated rings. The van der Waals surface area contributed by atoms with Crippen molar-refractivity contribution in [3.05, 3.63) is 0 Å². The second kappa shape index (κ2) is 3.75. The molecular weight excluding hydrogens is 224 g/mol. The van der Waals surface area contributed by atoms with Crippen molar-refractivity contribution in [3.8, 4) is 0 Å². The molecule has 0 saturated heterocycles. The number of carbonyl (C=O) groups is 4. The summed E-state index contributed by atoms with van der Waals surface area (Å²) < 4.78 is 0. The highest BCUT2D eigenvalue weighted by atomic mass is 16.4. The molecule has 0 aromatic heterocycles. The Labute approximate surface area is 98.2 Å². The second-order valence-corrected chi connectivity index (χ2v) is 5.26. The van der Waals surface area contributed by atoms with Crippen LogP contribution < -0.4 is 0 Å². The van der Waals surface area contributed by atoms with Gasteiger partial charge in [0.15, 0.2) is 17.3 Å². The summed E-state index contributed by atoms with van der Waals surface area (Å²) in [4.78, 5) is 46.4. The summed E-state index contributed by atoms with van der Waals surface area (Å²) in [6.45, 7) is 1.38. The zero-order chi connectivity index (χ0) is 12.8. The maximum atomic E-state index is 11.8. The fraction of sp³-hybridized carbons (Fsp3) is 0.667. The number of hydrogen-bond acceptors (Lipinski definition) is 4. The first-order chi connectivity index (χ1) is 7.85. The van der Waals surface area contributed by atoms with E-state index in [4.69, 9.17) is 5.11 Å². The van der Waals surface area contributed by atoms with Crippen LogP contribution in [0.4, 0.5) is 0 Å². The number of carbonyl (C=O) groups excluding carboxylic acids is 3. The van der Waals surface area contributed by atoms with Gasteiger partial charge in [-0.25, -0.2) is 0 Å². The van der Waals surface area contributed by atoms with E-state index < -0.39 is 28.9 Å². The van der Waals surface area contributed by atoms with Crippen LogP contribution in [0.15, 0.2) is 0 Å². The maximum absolute atomic E-state index is 11.8. The largest absolute Gasteiger partial charge is 0.481 e. The molecule has 0 radical (unpaired) electrons. The lowest BCUT2D eigenvalue weighted by atomic mass is 9.69. The van der Waals surface area contributed by atoms with Gasteiger partial charge in [0, 0.05) is 18.8 Å². The van der Waals surface area contributed by atoms with Crippen LogP contribution in [0.5, 0.6) is 0 Å². The first-order valence-corrected chi connectivity index (χ1v) is 5.68. The predicted molar refractivity (Wildman–Crippen MR) is 56.2 cm³/mol. The van der Waals surface area contributed by atoms with Crippen molar-refractivity contribution >= 4 is 23.3 Å². The summed E-state index contributed by atoms with van der Waals surface area (Å²) in [5.74, 6) is -3.84. The van der Waals surface area contributed by atoms with Gasteiger partial charge < -0.3 is 5.11 Å². The Kier molecular flexibility index (Phi) is 2.64. The van der Waals surface area contributed by atoms with Crippen molar-refractivity contribution in [1.29, 1.82) is 0 Å². The lowest BCUT2D eigenvalue weighted by molar-refractivity contribution is -0.159. The first kappa shape index (κ1) is 12.0. The molecule has 0 aliphatic heterocycles. The van der Waals surface area contributed by atoms with Crippen LogP contribution in [0.2, 0.25) is 0 Å². The van der Waals surface area contributed by atoms with Crippen molar-refractivity contribution in [2.24, 2.45) is 17.3 Å². The molecule has 2 rings (SSSR count). The van der Waals surface area contributed by atoms with Crippen molar-refractivity contribution in [3.63, 3.8) is 0 Å². The number of hydrogen-bond donors (Lipinski definition) is 1. The Bertz CT molecular complexity index is 401. The van der Waals surface area contributed by atoms with Gasteiger partial charge in [-0.2, -0.15) is 0 Å². The number of Topliss-reactive ketones (excluding diaryl/α,β-unsaturated/α-hetero) is 3. The van der Waals surface area contributed by atoms with E-state index in [0.29, 0.717) is 0 Å². The van der Waals surface area contributed by atoms with E-state index in [2.05, 4.69) is 0 Å². The Morgan fingerprint density at radius 1 is 1.18 bits per heavy atom. The molecule has 2 aliphatic rings. The maximum Gasteiger partial charge on any atom is 0.310 e. The van der Waals surface area contributed by atoms with Crippen LogP contribution in [0.3, 0.4) is 0 Å². The van der Waals surface area contributed by atoms with Gasteiger partial charge in [0.05, 0.1) is 5.41 Å². The van der Waals surface area contributed by atoms with E-state index >= 15 is 0 Å². The highest BCUT2D eigenvalue weighted by Crippen LogP contribution is 2.39. The molecule has 92 valence electrons. The Morgan fingerprint density at radius 3 is 2.00 bits per heavy atom. The SMILES string of the molecule is CC1(C(=O)O)CC(=O)C(C(=O)C2CC2)C(=O)C1. The van der Waals surface area contributed by atoms with Gasteiger partial charge in [-0.3, -0.25) is 19.2 Å². The van der Waals surface area contributed by atoms with E-state index in [1.165, 1.54) is 6.92 Å². The molecule has 0 bridgehead atoms. The molecule has 0 spiro atoms. The first-order valence-electron chi connectivity index (χ1n) is 5.68. The van der Waals surface area contributed by atoms with Crippen LogP contribution in [0.1, 0.15) is 32.6 Å². The topological polar surface area (TPSA) is 88.5 Å². The third-order valence-corrected chi connectivity index (χ3v) is 3.55. The van der Waals surface area contributed by atoms with Gasteiger partial charge in [-0.1, -0.05) is 0 Å². The molecular formula is C12H14O5. The summed E-state index contributed by atoms with van der Waals surface area (Å²) >= 11 is 0. The highest BCUT2D eigenvalue weighted by molar-refractivity contribution is 6.22. The predicted octanol–water partition coefficient (Wildman–Crippen LogP) is 0.605. The van der Waals surface area contributed by atoms with Crippen molar-refractivity contribution < 1.29 is 24.3 Å². The quantitative estimate of drug-likeness (QED) is 0.727. The Hall–Kier alpha value is -1.52. The Morgan fingerprint density at radius 2 is 1.65 bits per heavy atom. The summed E-state index contributed by atoms with van der Waals surface area (Å²) in [5, 5.41) is 8.99. The second-order valence-electron chi connectivity index (χ2n) is 5.26. The lowest BCUT2D eigenvalue weighted by Crippen LogP contribution is -2.46. The van der Waals surface area contributed by atoms with Gasteiger partial charge in [-0.05, 0) is 19.8 Å². The summed E-state index contributed by atoms with van der Waals surface area (Å²) in [5.41, 5.74) is -1.34. The monoisotopic (exact) mass is 238 g/mol. The molecule has 5 nitrogen and oxygen atoms in total. The third-order valence-electron chi connectivity index (χ3n) is 3.55. The normalized spacial score (nSPS) is 33.6. The standard InChI is InChI=1S/C12H14O5/c1-12(11(16)17)4-7(13)9(8(14)5-12)10(15)6-2-3-6/h6,9H,2-5H2,1H3,(H,16,17). The van der Waals surface area contributed by atoms with Gasteiger partial charge in [0.25, 0.3) is 0 Å². The minimum absolute atomic E-state index is 0.151. The fourth-order valence-corrected chi connectivity index (χ4v) is 2.29. The van der Waals surface area contributed by atoms with E-state index in [0.717, 1.165) is 12.8 Å². The van der Waals surface area contributed by atoms with Gasteiger partial charge in [-0.15, -0.1) is 0 Å². The molecule has 17 heavy (non-hydrogen) atoms. The molecule has 0 heterocycles. The number of rotatable bonds is 3. The summed E-state index contributed by atoms with van der Waals surface area (Å²) in [7, 11) is 0. The van der Waals surface area contributed by atoms with E-state index in [-0.39, 0.29) is 24.5 Å². The number of ketones is 3. The molecule has 0 aromatic rings. The average Bonchev–Trinajstić information content (AvgIpc) is 2.98. The van der Waals surface area contributed by atoms with E-state index in [1.807, 2.05) is 0 Å². The van der Waals surface area contributed by atoms with Crippen molar-refractivity contribution in [2.75, 3.05) is 0 Å². The Balaban J connectivity index is 2.19. The van der Waals surface area contributed by atoms with Crippen molar-refractivity contribution in [2.45, 2.75) is 32.6 Å². The van der Waals surface area contributed by atoms with Gasteiger partial charge in [0.1, 0.15) is 5.92 Å². The molecule has 2 saturated carbocycles. The van der Waals surface area contributed by atoms with Crippen LogP contribution >= 0.6 is 0 Å². The zero-order valence-electron chi connectivity index (χ0n) is 9.56. The molecule has 0 unspecified atom stereocenters. The van der Waals surface area contributed by atoms with E-state index in [1.54, 1.807) is 0 Å². The third kappa shape index (κ3) is 2.01.